The number of hydrogen-bond acceptors (Lipinski definition) is 6. The molecule has 6 heteroatoms. The molecule has 0 amide bonds. The van der Waals surface area contributed by atoms with Crippen LogP contribution in [-0.2, 0) is 19.1 Å². The van der Waals surface area contributed by atoms with Crippen molar-refractivity contribution >= 4 is 11.9 Å². The van der Waals surface area contributed by atoms with Gasteiger partial charge in [0.1, 0.15) is 19.3 Å². The minimum atomic E-state index is -1.01. The summed E-state index contributed by atoms with van der Waals surface area (Å²) in [5.74, 6) is 0.142. The molecule has 0 saturated heterocycles. The highest BCUT2D eigenvalue weighted by Gasteiger charge is 2.12. The maximum atomic E-state index is 12.0. The van der Waals surface area contributed by atoms with E-state index in [0.29, 0.717) is 25.7 Å². The van der Waals surface area contributed by atoms with Crippen molar-refractivity contribution < 1.29 is 29.3 Å². The molecule has 0 fully saturated rings. The van der Waals surface area contributed by atoms with Gasteiger partial charge in [0, 0.05) is 12.8 Å². The van der Waals surface area contributed by atoms with Gasteiger partial charge in [-0.1, -0.05) is 159 Å². The van der Waals surface area contributed by atoms with Crippen molar-refractivity contribution in [2.45, 2.75) is 181 Å². The van der Waals surface area contributed by atoms with E-state index >= 15 is 0 Å². The molecule has 47 heavy (non-hydrogen) atoms. The highest BCUT2D eigenvalue weighted by Crippen LogP contribution is 2.14. The molecule has 0 saturated carbocycles. The summed E-state index contributed by atoms with van der Waals surface area (Å²) >= 11 is 0. The number of ether oxygens (including phenoxy) is 2. The third kappa shape index (κ3) is 36.5. The van der Waals surface area contributed by atoms with Crippen LogP contribution in [0.2, 0.25) is 0 Å². The SMILES string of the molecule is CCCCC/C=C\C/C=C\CC(O)/C=C\C=C\CCCC(=O)OC[C@@H](O)COC(=O)CCCCCCCCCCCCCCC(C)C. The van der Waals surface area contributed by atoms with Crippen molar-refractivity contribution in [3.05, 3.63) is 48.6 Å². The van der Waals surface area contributed by atoms with Crippen LogP contribution in [0.4, 0.5) is 0 Å². The smallest absolute Gasteiger partial charge is 0.305 e. The van der Waals surface area contributed by atoms with Gasteiger partial charge in [-0.15, -0.1) is 0 Å². The molecule has 0 aromatic heterocycles. The highest BCUT2D eigenvalue weighted by atomic mass is 16.6. The number of allylic oxidation sites excluding steroid dienone is 6. The van der Waals surface area contributed by atoms with E-state index in [1.54, 1.807) is 6.08 Å². The van der Waals surface area contributed by atoms with Gasteiger partial charge in [0.25, 0.3) is 0 Å². The number of hydrogen-bond donors (Lipinski definition) is 2. The van der Waals surface area contributed by atoms with Gasteiger partial charge in [-0.05, 0) is 50.9 Å². The molecule has 6 nitrogen and oxygen atoms in total. The van der Waals surface area contributed by atoms with E-state index in [9.17, 15) is 19.8 Å². The summed E-state index contributed by atoms with van der Waals surface area (Å²) in [4.78, 5) is 23.9. The van der Waals surface area contributed by atoms with Crippen LogP contribution in [-0.4, -0.2) is 47.6 Å². The quantitative estimate of drug-likeness (QED) is 0.0315. The number of aliphatic hydroxyl groups excluding tert-OH is 2. The van der Waals surface area contributed by atoms with Gasteiger partial charge in [0.2, 0.25) is 0 Å². The second kappa shape index (κ2) is 35.1. The van der Waals surface area contributed by atoms with Gasteiger partial charge in [-0.25, -0.2) is 0 Å². The van der Waals surface area contributed by atoms with Gasteiger partial charge in [-0.2, -0.15) is 0 Å². The molecule has 0 radical (unpaired) electrons. The summed E-state index contributed by atoms with van der Waals surface area (Å²) in [6, 6.07) is 0. The van der Waals surface area contributed by atoms with E-state index in [0.717, 1.165) is 38.0 Å². The number of esters is 2. The van der Waals surface area contributed by atoms with Gasteiger partial charge < -0.3 is 19.7 Å². The molecule has 2 atom stereocenters. The summed E-state index contributed by atoms with van der Waals surface area (Å²) in [5, 5.41) is 20.0. The molecule has 0 aliphatic rings. The van der Waals surface area contributed by atoms with Crippen LogP contribution in [0.5, 0.6) is 0 Å². The third-order valence-corrected chi connectivity index (χ3v) is 8.08. The van der Waals surface area contributed by atoms with Crippen LogP contribution in [0, 0.1) is 5.92 Å². The monoisotopic (exact) mass is 661 g/mol. The zero-order chi connectivity index (χ0) is 34.6. The predicted molar refractivity (Wildman–Crippen MR) is 197 cm³/mol. The first-order valence-electron chi connectivity index (χ1n) is 19.2. The second-order valence-electron chi connectivity index (χ2n) is 13.4. The second-order valence-corrected chi connectivity index (χ2v) is 13.4. The summed E-state index contributed by atoms with van der Waals surface area (Å²) in [5.41, 5.74) is 0. The maximum absolute atomic E-state index is 12.0. The molecule has 2 N–H and O–H groups in total. The summed E-state index contributed by atoms with van der Waals surface area (Å²) in [6.07, 6.45) is 39.1. The van der Waals surface area contributed by atoms with Crippen LogP contribution >= 0.6 is 0 Å². The molecule has 0 aromatic carbocycles. The molecule has 272 valence electrons. The van der Waals surface area contributed by atoms with Gasteiger partial charge in [0.15, 0.2) is 0 Å². The third-order valence-electron chi connectivity index (χ3n) is 8.08. The van der Waals surface area contributed by atoms with Crippen LogP contribution in [0.15, 0.2) is 48.6 Å². The van der Waals surface area contributed by atoms with Crippen LogP contribution in [0.3, 0.4) is 0 Å². The zero-order valence-electron chi connectivity index (χ0n) is 30.6. The van der Waals surface area contributed by atoms with Crippen LogP contribution in [0.1, 0.15) is 168 Å². The standard InChI is InChI=1S/C41H72O6/c1-4-5-6-7-8-13-17-21-26-31-38(42)32-27-22-19-24-29-34-41(45)47-36-39(43)35-46-40(44)33-28-23-18-15-12-10-9-11-14-16-20-25-30-37(2)3/h8,13,19,21-22,26-27,32,37-39,42-43H,4-7,9-12,14-18,20,23-25,28-31,33-36H2,1-3H3/b13-8-,22-19+,26-21-,32-27-/t38?,39-/m0/s1. The summed E-state index contributed by atoms with van der Waals surface area (Å²) in [6.45, 7) is 6.48. The van der Waals surface area contributed by atoms with Crippen molar-refractivity contribution in [1.29, 1.82) is 0 Å². The van der Waals surface area contributed by atoms with E-state index in [2.05, 4.69) is 39.0 Å². The first-order valence-corrected chi connectivity index (χ1v) is 19.2. The first-order chi connectivity index (χ1) is 22.8. The minimum absolute atomic E-state index is 0.156. The Kier molecular flexibility index (Phi) is 33.5. The van der Waals surface area contributed by atoms with E-state index in [1.165, 1.54) is 83.5 Å². The largest absolute Gasteiger partial charge is 0.463 e. The highest BCUT2D eigenvalue weighted by molar-refractivity contribution is 5.69. The van der Waals surface area contributed by atoms with Crippen molar-refractivity contribution in [3.63, 3.8) is 0 Å². The van der Waals surface area contributed by atoms with E-state index < -0.39 is 12.2 Å². The van der Waals surface area contributed by atoms with Crippen molar-refractivity contribution in [3.8, 4) is 0 Å². The lowest BCUT2D eigenvalue weighted by Crippen LogP contribution is -2.25. The molecule has 1 unspecified atom stereocenters. The van der Waals surface area contributed by atoms with Crippen molar-refractivity contribution in [2.24, 2.45) is 5.92 Å². The van der Waals surface area contributed by atoms with Gasteiger partial charge >= 0.3 is 11.9 Å². The normalized spacial score (nSPS) is 13.5. The number of carbonyl (C=O) groups is 2. The zero-order valence-corrected chi connectivity index (χ0v) is 30.6. The van der Waals surface area contributed by atoms with Crippen LogP contribution in [0.25, 0.3) is 0 Å². The number of rotatable bonds is 33. The Morgan fingerprint density at radius 3 is 1.72 bits per heavy atom. The fraction of sp³-hybridized carbons (Fsp3) is 0.756. The Morgan fingerprint density at radius 2 is 1.13 bits per heavy atom. The lowest BCUT2D eigenvalue weighted by molar-refractivity contribution is -0.152. The molecule has 0 aliphatic carbocycles. The molecule has 0 aromatic rings. The van der Waals surface area contributed by atoms with Gasteiger partial charge in [-0.3, -0.25) is 9.59 Å². The lowest BCUT2D eigenvalue weighted by Gasteiger charge is -2.12. The Hall–Kier alpha value is -2.18. The maximum Gasteiger partial charge on any atom is 0.305 e. The van der Waals surface area contributed by atoms with Crippen molar-refractivity contribution in [2.75, 3.05) is 13.2 Å². The molecule has 0 heterocycles. The molecular formula is C41H72O6. The molecule has 0 spiro atoms. The summed E-state index contributed by atoms with van der Waals surface area (Å²) < 4.78 is 10.2. The van der Waals surface area contributed by atoms with E-state index in [-0.39, 0.29) is 31.6 Å². The van der Waals surface area contributed by atoms with Gasteiger partial charge in [0.05, 0.1) is 6.10 Å². The topological polar surface area (TPSA) is 93.1 Å². The molecule has 0 bridgehead atoms. The van der Waals surface area contributed by atoms with Crippen molar-refractivity contribution in [1.82, 2.24) is 0 Å². The predicted octanol–water partition coefficient (Wildman–Crippen LogP) is 10.7. The Balaban J connectivity index is 3.63. The van der Waals surface area contributed by atoms with E-state index in [4.69, 9.17) is 9.47 Å². The Morgan fingerprint density at radius 1 is 0.596 bits per heavy atom. The number of carbonyl (C=O) groups excluding carboxylic acids is 2. The molecule has 0 rings (SSSR count). The molecular weight excluding hydrogens is 588 g/mol. The number of unbranched alkanes of at least 4 members (excludes halogenated alkanes) is 15. The summed E-state index contributed by atoms with van der Waals surface area (Å²) in [7, 11) is 0. The fourth-order valence-electron chi connectivity index (χ4n) is 5.11. The lowest BCUT2D eigenvalue weighted by atomic mass is 10.0. The first kappa shape index (κ1) is 44.8. The number of aliphatic hydroxyl groups is 2. The average Bonchev–Trinajstić information content (AvgIpc) is 3.05. The van der Waals surface area contributed by atoms with E-state index in [1.807, 2.05) is 24.3 Å². The molecule has 0 aliphatic heterocycles. The Labute approximate surface area is 289 Å². The van der Waals surface area contributed by atoms with Crippen LogP contribution < -0.4 is 0 Å². The average molecular weight is 661 g/mol. The fourth-order valence-corrected chi connectivity index (χ4v) is 5.11. The minimum Gasteiger partial charge on any atom is -0.463 e. The Bertz CT molecular complexity index is 828.